The molecule has 178 valence electrons. The van der Waals surface area contributed by atoms with Crippen molar-refractivity contribution < 1.29 is 14.3 Å². The molecule has 0 fully saturated rings. The topological polar surface area (TPSA) is 143 Å². The SMILES string of the molecule is COc1ncc2cc(C(=O)Nc3cc(C(=O)N(N)CCc4ccccc4)ccc3Cl)c(=O)[nH]c2n1. The molecule has 0 saturated carbocycles. The van der Waals surface area contributed by atoms with E-state index in [0.717, 1.165) is 10.6 Å². The molecular weight excluding hydrogens is 472 g/mol. The zero-order chi connectivity index (χ0) is 24.9. The summed E-state index contributed by atoms with van der Waals surface area (Å²) in [5.41, 5.74) is 0.819. The summed E-state index contributed by atoms with van der Waals surface area (Å²) in [7, 11) is 1.40. The number of nitrogens with two attached hydrogens (primary N) is 1. The molecule has 0 spiro atoms. The molecule has 2 heterocycles. The van der Waals surface area contributed by atoms with Crippen LogP contribution in [0, 0.1) is 0 Å². The number of aromatic amines is 1. The Hall–Kier alpha value is -4.28. The number of halogens is 1. The van der Waals surface area contributed by atoms with Crippen LogP contribution in [0.4, 0.5) is 5.69 Å². The number of carbonyl (C=O) groups excluding carboxylic acids is 2. The molecule has 2 amide bonds. The number of H-pyrrole nitrogens is 1. The molecule has 0 unspecified atom stereocenters. The number of pyridine rings is 1. The van der Waals surface area contributed by atoms with Gasteiger partial charge >= 0.3 is 6.01 Å². The van der Waals surface area contributed by atoms with E-state index in [4.69, 9.17) is 22.2 Å². The molecule has 0 aliphatic rings. The molecular formula is C24H21ClN6O4. The summed E-state index contributed by atoms with van der Waals surface area (Å²) in [6, 6.07) is 15.5. The Morgan fingerprint density at radius 2 is 1.94 bits per heavy atom. The van der Waals surface area contributed by atoms with Gasteiger partial charge in [-0.1, -0.05) is 41.9 Å². The fourth-order valence-corrected chi connectivity index (χ4v) is 3.51. The lowest BCUT2D eigenvalue weighted by atomic mass is 10.1. The number of amides is 2. The fraction of sp³-hybridized carbons (Fsp3) is 0.125. The smallest absolute Gasteiger partial charge is 0.318 e. The van der Waals surface area contributed by atoms with Crippen LogP contribution in [0.1, 0.15) is 26.3 Å². The van der Waals surface area contributed by atoms with Gasteiger partial charge in [0.15, 0.2) is 0 Å². The second kappa shape index (κ2) is 10.3. The van der Waals surface area contributed by atoms with E-state index in [1.165, 1.54) is 37.6 Å². The van der Waals surface area contributed by atoms with Gasteiger partial charge in [-0.3, -0.25) is 19.4 Å². The second-order valence-electron chi connectivity index (χ2n) is 7.56. The molecule has 11 heteroatoms. The standard InChI is InChI=1S/C24H21ClN6O4/c1-35-24-27-13-16-11-17(22(33)29-20(16)30-24)21(32)28-19-12-15(7-8-18(19)25)23(34)31(26)10-9-14-5-3-2-4-6-14/h2-8,11-13H,9-10,26H2,1H3,(H,28,32)(H,27,29,30,33). The molecule has 0 aliphatic carbocycles. The molecule has 4 aromatic rings. The molecule has 4 N–H and O–H groups in total. The normalized spacial score (nSPS) is 10.7. The maximum atomic E-state index is 12.9. The first-order chi connectivity index (χ1) is 16.9. The van der Waals surface area contributed by atoms with Crippen molar-refractivity contribution in [2.24, 2.45) is 5.84 Å². The highest BCUT2D eigenvalue weighted by atomic mass is 35.5. The van der Waals surface area contributed by atoms with Crippen LogP contribution in [0.25, 0.3) is 11.0 Å². The minimum Gasteiger partial charge on any atom is -0.467 e. The summed E-state index contributed by atoms with van der Waals surface area (Å²) in [4.78, 5) is 48.7. The molecule has 0 bridgehead atoms. The van der Waals surface area contributed by atoms with E-state index in [2.05, 4.69) is 20.3 Å². The average molecular weight is 493 g/mol. The van der Waals surface area contributed by atoms with Gasteiger partial charge in [0.1, 0.15) is 11.2 Å². The maximum absolute atomic E-state index is 12.9. The number of hydrogen-bond acceptors (Lipinski definition) is 7. The predicted octanol–water partition coefficient (Wildman–Crippen LogP) is 2.79. The average Bonchev–Trinajstić information content (AvgIpc) is 2.87. The van der Waals surface area contributed by atoms with Crippen molar-refractivity contribution in [2.45, 2.75) is 6.42 Å². The van der Waals surface area contributed by atoms with E-state index in [0.29, 0.717) is 18.4 Å². The molecule has 4 rings (SSSR count). The van der Waals surface area contributed by atoms with Gasteiger partial charge in [-0.15, -0.1) is 0 Å². The Morgan fingerprint density at radius 3 is 2.69 bits per heavy atom. The van der Waals surface area contributed by atoms with E-state index in [1.54, 1.807) is 0 Å². The number of benzene rings is 2. The number of anilines is 1. The van der Waals surface area contributed by atoms with Crippen LogP contribution < -0.4 is 21.5 Å². The summed E-state index contributed by atoms with van der Waals surface area (Å²) in [6.45, 7) is 0.298. The van der Waals surface area contributed by atoms with Gasteiger partial charge in [-0.05, 0) is 36.2 Å². The van der Waals surface area contributed by atoms with Gasteiger partial charge in [0, 0.05) is 23.7 Å². The van der Waals surface area contributed by atoms with Crippen LogP contribution >= 0.6 is 11.6 Å². The Bertz CT molecular complexity index is 1460. The maximum Gasteiger partial charge on any atom is 0.318 e. The van der Waals surface area contributed by atoms with Gasteiger partial charge in [-0.25, -0.2) is 10.8 Å². The third-order valence-corrected chi connectivity index (χ3v) is 5.53. The zero-order valence-corrected chi connectivity index (χ0v) is 19.4. The third kappa shape index (κ3) is 5.45. The fourth-order valence-electron chi connectivity index (χ4n) is 3.35. The van der Waals surface area contributed by atoms with Crippen LogP contribution in [0.3, 0.4) is 0 Å². The Labute approximate surface area is 204 Å². The van der Waals surface area contributed by atoms with Crippen LogP contribution in [0.2, 0.25) is 5.02 Å². The first-order valence-corrected chi connectivity index (χ1v) is 10.9. The van der Waals surface area contributed by atoms with Crippen molar-refractivity contribution in [3.05, 3.63) is 92.9 Å². The summed E-state index contributed by atoms with van der Waals surface area (Å²) in [5, 5.41) is 4.30. The van der Waals surface area contributed by atoms with Crippen molar-refractivity contribution in [2.75, 3.05) is 19.0 Å². The number of fused-ring (bicyclic) bond motifs is 1. The second-order valence-corrected chi connectivity index (χ2v) is 7.96. The van der Waals surface area contributed by atoms with Crippen LogP contribution in [0.15, 0.2) is 65.6 Å². The number of aromatic nitrogens is 3. The third-order valence-electron chi connectivity index (χ3n) is 5.21. The summed E-state index contributed by atoms with van der Waals surface area (Å²) in [6.07, 6.45) is 2.01. The quantitative estimate of drug-likeness (QED) is 0.204. The van der Waals surface area contributed by atoms with Crippen molar-refractivity contribution >= 4 is 40.1 Å². The van der Waals surface area contributed by atoms with Crippen LogP contribution in [-0.4, -0.2) is 45.4 Å². The predicted molar refractivity (Wildman–Crippen MR) is 131 cm³/mol. The number of nitrogens with zero attached hydrogens (tertiary/aromatic N) is 3. The largest absolute Gasteiger partial charge is 0.467 e. The van der Waals surface area contributed by atoms with Crippen molar-refractivity contribution in [3.63, 3.8) is 0 Å². The molecule has 0 saturated heterocycles. The zero-order valence-electron chi connectivity index (χ0n) is 18.6. The van der Waals surface area contributed by atoms with Crippen molar-refractivity contribution in [3.8, 4) is 6.01 Å². The minimum atomic E-state index is -0.718. The number of rotatable bonds is 7. The number of hydrazine groups is 1. The number of ether oxygens (including phenoxy) is 1. The van der Waals surface area contributed by atoms with Crippen molar-refractivity contribution in [1.29, 1.82) is 0 Å². The number of methoxy groups -OCH3 is 1. The summed E-state index contributed by atoms with van der Waals surface area (Å²) >= 11 is 6.23. The molecule has 10 nitrogen and oxygen atoms in total. The number of hydrogen-bond donors (Lipinski definition) is 3. The van der Waals surface area contributed by atoms with Crippen molar-refractivity contribution in [1.82, 2.24) is 20.0 Å². The molecule has 2 aromatic carbocycles. The van der Waals surface area contributed by atoms with E-state index in [9.17, 15) is 14.4 Å². The van der Waals surface area contributed by atoms with Gasteiger partial charge in [0.2, 0.25) is 0 Å². The lowest BCUT2D eigenvalue weighted by Crippen LogP contribution is -2.39. The Morgan fingerprint density at radius 1 is 1.17 bits per heavy atom. The highest BCUT2D eigenvalue weighted by Gasteiger charge is 2.18. The van der Waals surface area contributed by atoms with E-state index in [-0.39, 0.29) is 33.5 Å². The highest BCUT2D eigenvalue weighted by molar-refractivity contribution is 6.34. The summed E-state index contributed by atoms with van der Waals surface area (Å²) < 4.78 is 4.94. The number of carbonyl (C=O) groups is 2. The molecule has 2 aromatic heterocycles. The van der Waals surface area contributed by atoms with E-state index >= 15 is 0 Å². The molecule has 0 radical (unpaired) electrons. The Balaban J connectivity index is 1.51. The first-order valence-electron chi connectivity index (χ1n) is 10.5. The highest BCUT2D eigenvalue weighted by Crippen LogP contribution is 2.24. The molecule has 0 atom stereocenters. The van der Waals surface area contributed by atoms with E-state index < -0.39 is 17.4 Å². The lowest BCUT2D eigenvalue weighted by molar-refractivity contribution is 0.0757. The first kappa shape index (κ1) is 23.9. The van der Waals surface area contributed by atoms with Gasteiger partial charge in [-0.2, -0.15) is 4.98 Å². The molecule has 0 aliphatic heterocycles. The van der Waals surface area contributed by atoms with Gasteiger partial charge in [0.25, 0.3) is 17.4 Å². The van der Waals surface area contributed by atoms with Crippen LogP contribution in [-0.2, 0) is 6.42 Å². The minimum absolute atomic E-state index is 0.0799. The van der Waals surface area contributed by atoms with E-state index in [1.807, 2.05) is 30.3 Å². The Kier molecular flexibility index (Phi) is 7.04. The van der Waals surface area contributed by atoms with Gasteiger partial charge in [0.05, 0.1) is 17.8 Å². The monoisotopic (exact) mass is 492 g/mol. The summed E-state index contributed by atoms with van der Waals surface area (Å²) in [5.74, 6) is 4.81. The lowest BCUT2D eigenvalue weighted by Gasteiger charge is -2.17. The number of nitrogens with one attached hydrogen (secondary N) is 2. The van der Waals surface area contributed by atoms with Crippen LogP contribution in [0.5, 0.6) is 6.01 Å². The van der Waals surface area contributed by atoms with Gasteiger partial charge < -0.3 is 15.0 Å². The molecule has 35 heavy (non-hydrogen) atoms.